The number of hydrogen-bond acceptors (Lipinski definition) is 2. The molecular weight excluding hydrogens is 286 g/mol. The normalized spacial score (nSPS) is 17.4. The highest BCUT2D eigenvalue weighted by atomic mass is 35.5. The largest absolute Gasteiger partial charge is 0.305 e. The van der Waals surface area contributed by atoms with E-state index in [1.807, 2.05) is 23.5 Å². The van der Waals surface area contributed by atoms with Crippen molar-refractivity contribution in [2.45, 2.75) is 38.3 Å². The molecule has 20 heavy (non-hydrogen) atoms. The molecule has 1 aromatic heterocycles. The molecule has 0 bridgehead atoms. The van der Waals surface area contributed by atoms with Gasteiger partial charge in [-0.3, -0.25) is 0 Å². The van der Waals surface area contributed by atoms with Crippen LogP contribution in [-0.4, -0.2) is 0 Å². The summed E-state index contributed by atoms with van der Waals surface area (Å²) in [5.41, 5.74) is 1.26. The standard InChI is InChI=1S/C17H20ClNS/c18-15-8-3-5-13(11-15)12-19-17(14-6-1-2-7-14)16-9-4-10-20-16/h3-5,8-11,14,17,19H,1-2,6-7,12H2. The topological polar surface area (TPSA) is 12.0 Å². The van der Waals surface area contributed by atoms with Gasteiger partial charge in [0.2, 0.25) is 0 Å². The second kappa shape index (κ2) is 6.75. The molecule has 0 spiro atoms. The highest BCUT2D eigenvalue weighted by Crippen LogP contribution is 2.37. The summed E-state index contributed by atoms with van der Waals surface area (Å²) in [6.07, 6.45) is 5.47. The van der Waals surface area contributed by atoms with E-state index in [0.717, 1.165) is 17.5 Å². The Morgan fingerprint density at radius 1 is 1.20 bits per heavy atom. The molecule has 1 aromatic carbocycles. The lowest BCUT2D eigenvalue weighted by molar-refractivity contribution is 0.371. The number of thiophene rings is 1. The van der Waals surface area contributed by atoms with Crippen molar-refractivity contribution < 1.29 is 0 Å². The monoisotopic (exact) mass is 305 g/mol. The second-order valence-corrected chi connectivity index (χ2v) is 6.96. The van der Waals surface area contributed by atoms with Crippen molar-refractivity contribution in [2.75, 3.05) is 0 Å². The van der Waals surface area contributed by atoms with Crippen molar-refractivity contribution >= 4 is 22.9 Å². The summed E-state index contributed by atoms with van der Waals surface area (Å²) in [7, 11) is 0. The fourth-order valence-corrected chi connectivity index (χ4v) is 4.24. The van der Waals surface area contributed by atoms with Crippen molar-refractivity contribution in [3.8, 4) is 0 Å². The third-order valence-electron chi connectivity index (χ3n) is 4.14. The third kappa shape index (κ3) is 3.43. The van der Waals surface area contributed by atoms with Gasteiger partial charge in [-0.2, -0.15) is 0 Å². The molecule has 0 amide bonds. The van der Waals surface area contributed by atoms with Crippen LogP contribution < -0.4 is 5.32 Å². The van der Waals surface area contributed by atoms with Crippen LogP contribution in [0.5, 0.6) is 0 Å². The Labute approximate surface area is 130 Å². The molecule has 106 valence electrons. The third-order valence-corrected chi connectivity index (χ3v) is 5.33. The highest BCUT2D eigenvalue weighted by Gasteiger charge is 2.26. The number of rotatable bonds is 5. The summed E-state index contributed by atoms with van der Waals surface area (Å²) in [6, 6.07) is 13.1. The summed E-state index contributed by atoms with van der Waals surface area (Å²) < 4.78 is 0. The zero-order chi connectivity index (χ0) is 13.8. The van der Waals surface area contributed by atoms with Crippen molar-refractivity contribution in [1.29, 1.82) is 0 Å². The van der Waals surface area contributed by atoms with Crippen LogP contribution in [0.1, 0.15) is 42.2 Å². The molecule has 1 saturated carbocycles. The minimum absolute atomic E-state index is 0.497. The lowest BCUT2D eigenvalue weighted by atomic mass is 9.96. The maximum Gasteiger partial charge on any atom is 0.0446 e. The first-order valence-corrected chi connectivity index (χ1v) is 8.60. The average Bonchev–Trinajstić information content (AvgIpc) is 3.12. The summed E-state index contributed by atoms with van der Waals surface area (Å²) in [4.78, 5) is 1.47. The van der Waals surface area contributed by atoms with Gasteiger partial charge in [0.25, 0.3) is 0 Å². The molecule has 1 atom stereocenters. The average molecular weight is 306 g/mol. The minimum atomic E-state index is 0.497. The van der Waals surface area contributed by atoms with Gasteiger partial charge in [-0.25, -0.2) is 0 Å². The molecule has 3 rings (SSSR count). The van der Waals surface area contributed by atoms with E-state index in [1.54, 1.807) is 0 Å². The Kier molecular flexibility index (Phi) is 4.77. The van der Waals surface area contributed by atoms with E-state index in [0.29, 0.717) is 6.04 Å². The molecular formula is C17H20ClNS. The number of hydrogen-bond donors (Lipinski definition) is 1. The van der Waals surface area contributed by atoms with Gasteiger partial charge >= 0.3 is 0 Å². The number of halogens is 1. The molecule has 1 nitrogen and oxygen atoms in total. The van der Waals surface area contributed by atoms with E-state index in [9.17, 15) is 0 Å². The Morgan fingerprint density at radius 3 is 2.75 bits per heavy atom. The maximum absolute atomic E-state index is 6.06. The van der Waals surface area contributed by atoms with E-state index in [1.165, 1.54) is 36.1 Å². The zero-order valence-electron chi connectivity index (χ0n) is 11.5. The molecule has 1 aliphatic rings. The molecule has 0 radical (unpaired) electrons. The lowest BCUT2D eigenvalue weighted by Crippen LogP contribution is -2.26. The molecule has 1 heterocycles. The van der Waals surface area contributed by atoms with Gasteiger partial charge in [0.05, 0.1) is 0 Å². The fraction of sp³-hybridized carbons (Fsp3) is 0.412. The fourth-order valence-electron chi connectivity index (χ4n) is 3.13. The Morgan fingerprint density at radius 2 is 2.05 bits per heavy atom. The van der Waals surface area contributed by atoms with Crippen LogP contribution in [0.3, 0.4) is 0 Å². The zero-order valence-corrected chi connectivity index (χ0v) is 13.1. The summed E-state index contributed by atoms with van der Waals surface area (Å²) in [6.45, 7) is 0.889. The van der Waals surface area contributed by atoms with Gasteiger partial charge in [0, 0.05) is 22.5 Å². The minimum Gasteiger partial charge on any atom is -0.305 e. The van der Waals surface area contributed by atoms with Crippen LogP contribution in [0.25, 0.3) is 0 Å². The molecule has 2 aromatic rings. The van der Waals surface area contributed by atoms with Crippen LogP contribution in [0.15, 0.2) is 41.8 Å². The summed E-state index contributed by atoms with van der Waals surface area (Å²) in [5, 5.41) is 6.76. The van der Waals surface area contributed by atoms with E-state index in [-0.39, 0.29) is 0 Å². The Balaban J connectivity index is 1.70. The van der Waals surface area contributed by atoms with Crippen molar-refractivity contribution in [3.05, 3.63) is 57.2 Å². The highest BCUT2D eigenvalue weighted by molar-refractivity contribution is 7.10. The van der Waals surface area contributed by atoms with Gasteiger partial charge in [0.15, 0.2) is 0 Å². The molecule has 3 heteroatoms. The van der Waals surface area contributed by atoms with Crippen molar-refractivity contribution in [1.82, 2.24) is 5.32 Å². The maximum atomic E-state index is 6.06. The van der Waals surface area contributed by atoms with E-state index < -0.39 is 0 Å². The Bertz CT molecular complexity index is 532. The first-order valence-electron chi connectivity index (χ1n) is 7.34. The van der Waals surface area contributed by atoms with E-state index >= 15 is 0 Å². The van der Waals surface area contributed by atoms with E-state index in [4.69, 9.17) is 11.6 Å². The van der Waals surface area contributed by atoms with Crippen LogP contribution >= 0.6 is 22.9 Å². The molecule has 1 fully saturated rings. The SMILES string of the molecule is Clc1cccc(CNC(c2cccs2)C2CCCC2)c1. The smallest absolute Gasteiger partial charge is 0.0446 e. The Hall–Kier alpha value is -0.830. The predicted molar refractivity (Wildman–Crippen MR) is 87.3 cm³/mol. The van der Waals surface area contributed by atoms with Gasteiger partial charge in [-0.15, -0.1) is 11.3 Å². The van der Waals surface area contributed by atoms with Crippen LogP contribution in [-0.2, 0) is 6.54 Å². The molecule has 1 N–H and O–H groups in total. The van der Waals surface area contributed by atoms with E-state index in [2.05, 4.69) is 35.0 Å². The predicted octanol–water partition coefficient (Wildman–Crippen LogP) is 5.42. The number of nitrogens with one attached hydrogen (secondary N) is 1. The van der Waals surface area contributed by atoms with Crippen molar-refractivity contribution in [2.24, 2.45) is 5.92 Å². The van der Waals surface area contributed by atoms with Gasteiger partial charge in [0.1, 0.15) is 0 Å². The van der Waals surface area contributed by atoms with Crippen LogP contribution in [0.2, 0.25) is 5.02 Å². The first kappa shape index (κ1) is 14.1. The molecule has 0 saturated heterocycles. The van der Waals surface area contributed by atoms with Gasteiger partial charge < -0.3 is 5.32 Å². The van der Waals surface area contributed by atoms with Crippen LogP contribution in [0, 0.1) is 5.92 Å². The van der Waals surface area contributed by atoms with Gasteiger partial charge in [-0.05, 0) is 47.9 Å². The summed E-state index contributed by atoms with van der Waals surface area (Å²) in [5.74, 6) is 0.785. The quantitative estimate of drug-likeness (QED) is 0.777. The van der Waals surface area contributed by atoms with Crippen molar-refractivity contribution in [3.63, 3.8) is 0 Å². The molecule has 1 aliphatic carbocycles. The van der Waals surface area contributed by atoms with Crippen LogP contribution in [0.4, 0.5) is 0 Å². The lowest BCUT2D eigenvalue weighted by Gasteiger charge is -2.24. The molecule has 1 unspecified atom stereocenters. The van der Waals surface area contributed by atoms with Gasteiger partial charge in [-0.1, -0.05) is 42.6 Å². The molecule has 0 aliphatic heterocycles. The summed E-state index contributed by atoms with van der Waals surface area (Å²) >= 11 is 7.93. The number of benzene rings is 1. The first-order chi connectivity index (χ1) is 9.83. The second-order valence-electron chi connectivity index (χ2n) is 5.55.